The van der Waals surface area contributed by atoms with E-state index in [4.69, 9.17) is 9.47 Å². The zero-order valence-corrected chi connectivity index (χ0v) is 10.9. The summed E-state index contributed by atoms with van der Waals surface area (Å²) >= 11 is 0. The van der Waals surface area contributed by atoms with Gasteiger partial charge in [-0.1, -0.05) is 20.8 Å². The summed E-state index contributed by atoms with van der Waals surface area (Å²) in [7, 11) is 0. The number of ether oxygens (including phenoxy) is 2. The zero-order chi connectivity index (χ0) is 12.8. The van der Waals surface area contributed by atoms with Gasteiger partial charge in [0.25, 0.3) is 0 Å². The molecule has 1 unspecified atom stereocenters. The van der Waals surface area contributed by atoms with Gasteiger partial charge in [-0.2, -0.15) is 0 Å². The second-order valence-electron chi connectivity index (χ2n) is 4.83. The van der Waals surface area contributed by atoms with Gasteiger partial charge in [0.05, 0.1) is 5.92 Å². The molecule has 96 valence electrons. The molecule has 0 saturated heterocycles. The molecule has 0 bridgehead atoms. The van der Waals surface area contributed by atoms with Crippen molar-refractivity contribution in [3.63, 3.8) is 0 Å². The largest absolute Gasteiger partial charge is 0.481 e. The van der Waals surface area contributed by atoms with Gasteiger partial charge in [-0.25, -0.2) is 0 Å². The molecule has 0 aromatic rings. The normalized spacial score (nSPS) is 14.1. The first-order valence-electron chi connectivity index (χ1n) is 5.78. The molecule has 0 heterocycles. The summed E-state index contributed by atoms with van der Waals surface area (Å²) in [5.41, 5.74) is -0.293. The highest BCUT2D eigenvalue weighted by molar-refractivity contribution is 5.70. The highest BCUT2D eigenvalue weighted by Crippen LogP contribution is 2.30. The van der Waals surface area contributed by atoms with Crippen LogP contribution in [0.5, 0.6) is 0 Å². The third-order valence-electron chi connectivity index (χ3n) is 2.48. The Balaban J connectivity index is 4.51. The second-order valence-corrected chi connectivity index (χ2v) is 4.83. The van der Waals surface area contributed by atoms with E-state index in [2.05, 4.69) is 0 Å². The highest BCUT2D eigenvalue weighted by Gasteiger charge is 2.33. The lowest BCUT2D eigenvalue weighted by atomic mass is 9.78. The Bertz CT molecular complexity index is 202. The molecular formula is C12H24O4. The minimum Gasteiger partial charge on any atom is -0.481 e. The average Bonchev–Trinajstić information content (AvgIpc) is 2.12. The molecular weight excluding hydrogens is 208 g/mol. The average molecular weight is 232 g/mol. The van der Waals surface area contributed by atoms with E-state index >= 15 is 0 Å². The van der Waals surface area contributed by atoms with Crippen molar-refractivity contribution in [2.45, 2.75) is 47.3 Å². The summed E-state index contributed by atoms with van der Waals surface area (Å²) in [5, 5.41) is 9.18. The highest BCUT2D eigenvalue weighted by atomic mass is 16.7. The van der Waals surface area contributed by atoms with E-state index in [0.29, 0.717) is 19.6 Å². The third kappa shape index (κ3) is 5.47. The van der Waals surface area contributed by atoms with Crippen LogP contribution in [0.15, 0.2) is 0 Å². The fraction of sp³-hybridized carbons (Fsp3) is 0.917. The van der Waals surface area contributed by atoms with Crippen molar-refractivity contribution in [2.24, 2.45) is 11.3 Å². The lowest BCUT2D eigenvalue weighted by Gasteiger charge is -2.30. The number of aliphatic carboxylic acids is 1. The Morgan fingerprint density at radius 3 is 1.88 bits per heavy atom. The number of carboxylic acids is 1. The summed E-state index contributed by atoms with van der Waals surface area (Å²) in [5.74, 6) is -1.26. The fourth-order valence-corrected chi connectivity index (χ4v) is 1.57. The van der Waals surface area contributed by atoms with Gasteiger partial charge in [0, 0.05) is 19.6 Å². The smallest absolute Gasteiger partial charge is 0.307 e. The quantitative estimate of drug-likeness (QED) is 0.685. The number of carboxylic acid groups (broad SMARTS) is 1. The molecule has 0 aliphatic carbocycles. The van der Waals surface area contributed by atoms with Crippen LogP contribution in [0.1, 0.15) is 41.0 Å². The van der Waals surface area contributed by atoms with Crippen molar-refractivity contribution in [1.82, 2.24) is 0 Å². The lowest BCUT2D eigenvalue weighted by Crippen LogP contribution is -2.33. The molecule has 1 atom stereocenters. The van der Waals surface area contributed by atoms with E-state index in [-0.39, 0.29) is 5.41 Å². The predicted octanol–water partition coefficient (Wildman–Crippen LogP) is 2.52. The van der Waals surface area contributed by atoms with Crippen LogP contribution in [0.2, 0.25) is 0 Å². The number of rotatable bonds is 7. The van der Waals surface area contributed by atoms with Gasteiger partial charge in [0.15, 0.2) is 6.29 Å². The number of hydrogen-bond donors (Lipinski definition) is 1. The van der Waals surface area contributed by atoms with Crippen molar-refractivity contribution < 1.29 is 19.4 Å². The molecule has 0 amide bonds. The van der Waals surface area contributed by atoms with Crippen LogP contribution in [0.3, 0.4) is 0 Å². The molecule has 0 fully saturated rings. The molecule has 4 heteroatoms. The van der Waals surface area contributed by atoms with Crippen molar-refractivity contribution >= 4 is 5.97 Å². The maximum absolute atomic E-state index is 11.2. The van der Waals surface area contributed by atoms with Crippen molar-refractivity contribution in [3.8, 4) is 0 Å². The van der Waals surface area contributed by atoms with Crippen LogP contribution in [-0.4, -0.2) is 30.6 Å². The molecule has 0 aromatic carbocycles. The van der Waals surface area contributed by atoms with E-state index in [9.17, 15) is 9.90 Å². The van der Waals surface area contributed by atoms with E-state index in [1.165, 1.54) is 0 Å². The number of hydrogen-bond acceptors (Lipinski definition) is 3. The first kappa shape index (κ1) is 15.4. The lowest BCUT2D eigenvalue weighted by molar-refractivity contribution is -0.167. The summed E-state index contributed by atoms with van der Waals surface area (Å²) < 4.78 is 10.7. The second kappa shape index (κ2) is 6.86. The van der Waals surface area contributed by atoms with Gasteiger partial charge in [0.1, 0.15) is 0 Å². The van der Waals surface area contributed by atoms with Crippen molar-refractivity contribution in [3.05, 3.63) is 0 Å². The van der Waals surface area contributed by atoms with Crippen LogP contribution in [0.25, 0.3) is 0 Å². The van der Waals surface area contributed by atoms with Crippen LogP contribution in [0.4, 0.5) is 0 Å². The van der Waals surface area contributed by atoms with Crippen LogP contribution in [-0.2, 0) is 14.3 Å². The zero-order valence-electron chi connectivity index (χ0n) is 10.9. The summed E-state index contributed by atoms with van der Waals surface area (Å²) in [6.45, 7) is 10.6. The monoisotopic (exact) mass is 232 g/mol. The van der Waals surface area contributed by atoms with Gasteiger partial charge < -0.3 is 14.6 Å². The molecule has 0 saturated carbocycles. The predicted molar refractivity (Wildman–Crippen MR) is 62.2 cm³/mol. The molecule has 0 aliphatic rings. The summed E-state index contributed by atoms with van der Waals surface area (Å²) in [6, 6.07) is 0. The third-order valence-corrected chi connectivity index (χ3v) is 2.48. The topological polar surface area (TPSA) is 55.8 Å². The standard InChI is InChI=1S/C12H24O4/c1-6-15-10(16-7-2)8-9(11(13)14)12(3,4)5/h9-10H,6-8H2,1-5H3,(H,13,14). The van der Waals surface area contributed by atoms with Gasteiger partial charge in [-0.15, -0.1) is 0 Å². The first-order valence-corrected chi connectivity index (χ1v) is 5.78. The van der Waals surface area contributed by atoms with Crippen LogP contribution >= 0.6 is 0 Å². The Morgan fingerprint density at radius 2 is 1.62 bits per heavy atom. The summed E-state index contributed by atoms with van der Waals surface area (Å²) in [4.78, 5) is 11.2. The minimum atomic E-state index is -0.795. The first-order chi connectivity index (χ1) is 7.32. The minimum absolute atomic E-state index is 0.293. The van der Waals surface area contributed by atoms with Gasteiger partial charge >= 0.3 is 5.97 Å². The SMILES string of the molecule is CCOC(CC(C(=O)O)C(C)(C)C)OCC. The Morgan fingerprint density at radius 1 is 1.19 bits per heavy atom. The van der Waals surface area contributed by atoms with E-state index in [0.717, 1.165) is 0 Å². The maximum Gasteiger partial charge on any atom is 0.307 e. The van der Waals surface area contributed by atoms with Crippen LogP contribution < -0.4 is 0 Å². The van der Waals surface area contributed by atoms with E-state index in [1.807, 2.05) is 34.6 Å². The molecule has 0 rings (SSSR count). The Hall–Kier alpha value is -0.610. The molecule has 16 heavy (non-hydrogen) atoms. The van der Waals surface area contributed by atoms with E-state index < -0.39 is 18.2 Å². The number of carbonyl (C=O) groups is 1. The molecule has 0 radical (unpaired) electrons. The maximum atomic E-state index is 11.2. The van der Waals surface area contributed by atoms with E-state index in [1.54, 1.807) is 0 Å². The Kier molecular flexibility index (Phi) is 6.60. The van der Waals surface area contributed by atoms with Crippen molar-refractivity contribution in [2.75, 3.05) is 13.2 Å². The van der Waals surface area contributed by atoms with Crippen LogP contribution in [0, 0.1) is 11.3 Å². The van der Waals surface area contributed by atoms with Gasteiger partial charge in [-0.05, 0) is 19.3 Å². The Labute approximate surface area is 97.9 Å². The molecule has 4 nitrogen and oxygen atoms in total. The van der Waals surface area contributed by atoms with Crippen molar-refractivity contribution in [1.29, 1.82) is 0 Å². The molecule has 1 N–H and O–H groups in total. The van der Waals surface area contributed by atoms with Gasteiger partial charge in [0.2, 0.25) is 0 Å². The summed E-state index contributed by atoms with van der Waals surface area (Å²) in [6.07, 6.45) is -0.0316. The molecule has 0 aromatic heterocycles. The molecule has 0 aliphatic heterocycles. The molecule has 0 spiro atoms. The van der Waals surface area contributed by atoms with Gasteiger partial charge in [-0.3, -0.25) is 4.79 Å². The fourth-order valence-electron chi connectivity index (χ4n) is 1.57.